The minimum atomic E-state index is -0.753. The largest absolute Gasteiger partial charge is 0.481 e. The molecule has 0 saturated heterocycles. The number of carboxylic acids is 1. The second-order valence-electron chi connectivity index (χ2n) is 8.05. The summed E-state index contributed by atoms with van der Waals surface area (Å²) < 4.78 is 0. The molecule has 0 aromatic heterocycles. The highest BCUT2D eigenvalue weighted by Crippen LogP contribution is 2.40. The summed E-state index contributed by atoms with van der Waals surface area (Å²) in [6, 6.07) is 7.85. The number of hydrogen-bond acceptors (Lipinski definition) is 4. The molecule has 4 N–H and O–H groups in total. The van der Waals surface area contributed by atoms with E-state index in [0.29, 0.717) is 25.7 Å². The first-order valence-corrected chi connectivity index (χ1v) is 10.2. The van der Waals surface area contributed by atoms with Gasteiger partial charge in [-0.1, -0.05) is 49.1 Å². The Hall–Kier alpha value is -1.43. The zero-order chi connectivity index (χ0) is 19.8. The van der Waals surface area contributed by atoms with E-state index in [1.54, 1.807) is 0 Å². The Morgan fingerprint density at radius 2 is 1.59 bits per heavy atom. The Labute approximate surface area is 162 Å². The van der Waals surface area contributed by atoms with E-state index in [2.05, 4.69) is 0 Å². The molecule has 0 radical (unpaired) electrons. The number of aliphatic hydroxyl groups excluding tert-OH is 3. The van der Waals surface area contributed by atoms with E-state index >= 15 is 0 Å². The number of hydrogen-bond donors (Lipinski definition) is 4. The first-order valence-electron chi connectivity index (χ1n) is 10.2. The van der Waals surface area contributed by atoms with Gasteiger partial charge in [0.2, 0.25) is 0 Å². The molecule has 5 unspecified atom stereocenters. The Morgan fingerprint density at radius 1 is 1.00 bits per heavy atom. The number of rotatable bonds is 11. The number of unbranched alkanes of at least 4 members (excludes halogenated alkanes) is 3. The monoisotopic (exact) mass is 378 g/mol. The SMILES string of the molecule is Cc1ccc(C(O)CCC2C(O)CC(O)C2CCCCCCC(=O)O)cc1. The summed E-state index contributed by atoms with van der Waals surface area (Å²) in [5.41, 5.74) is 2.05. The zero-order valence-electron chi connectivity index (χ0n) is 16.3. The van der Waals surface area contributed by atoms with Gasteiger partial charge in [0.25, 0.3) is 0 Å². The molecule has 152 valence electrons. The summed E-state index contributed by atoms with van der Waals surface area (Å²) in [7, 11) is 0. The quantitative estimate of drug-likeness (QED) is 0.441. The van der Waals surface area contributed by atoms with Crippen molar-refractivity contribution in [2.45, 2.75) is 83.0 Å². The third kappa shape index (κ3) is 6.91. The van der Waals surface area contributed by atoms with Gasteiger partial charge in [0.15, 0.2) is 0 Å². The van der Waals surface area contributed by atoms with Crippen LogP contribution in [0.3, 0.4) is 0 Å². The molecule has 1 saturated carbocycles. The van der Waals surface area contributed by atoms with Crippen LogP contribution in [0.5, 0.6) is 0 Å². The minimum absolute atomic E-state index is 0.0131. The third-order valence-corrected chi connectivity index (χ3v) is 5.94. The fraction of sp³-hybridized carbons (Fsp3) is 0.682. The maximum absolute atomic E-state index is 10.5. The fourth-order valence-corrected chi connectivity index (χ4v) is 4.30. The number of aliphatic hydroxyl groups is 3. The van der Waals surface area contributed by atoms with Crippen LogP contribution in [-0.4, -0.2) is 38.6 Å². The van der Waals surface area contributed by atoms with Gasteiger partial charge in [-0.25, -0.2) is 0 Å². The second-order valence-corrected chi connectivity index (χ2v) is 8.05. The predicted octanol–water partition coefficient (Wildman–Crippen LogP) is 3.59. The van der Waals surface area contributed by atoms with Crippen molar-refractivity contribution < 1.29 is 25.2 Å². The summed E-state index contributed by atoms with van der Waals surface area (Å²) in [5, 5.41) is 39.8. The average molecular weight is 379 g/mol. The molecular formula is C22H34O5. The molecule has 5 nitrogen and oxygen atoms in total. The van der Waals surface area contributed by atoms with Crippen LogP contribution in [0.2, 0.25) is 0 Å². The lowest BCUT2D eigenvalue weighted by molar-refractivity contribution is -0.137. The van der Waals surface area contributed by atoms with E-state index in [9.17, 15) is 20.1 Å². The summed E-state index contributed by atoms with van der Waals surface area (Å²) >= 11 is 0. The molecule has 1 aliphatic rings. The van der Waals surface area contributed by atoms with Gasteiger partial charge in [-0.3, -0.25) is 4.79 Å². The number of aliphatic carboxylic acids is 1. The highest BCUT2D eigenvalue weighted by molar-refractivity contribution is 5.66. The highest BCUT2D eigenvalue weighted by atomic mass is 16.4. The van der Waals surface area contributed by atoms with Crippen LogP contribution in [0.1, 0.15) is 75.0 Å². The molecule has 1 aromatic carbocycles. The van der Waals surface area contributed by atoms with Gasteiger partial charge in [0.1, 0.15) is 0 Å². The van der Waals surface area contributed by atoms with Crippen molar-refractivity contribution in [3.8, 4) is 0 Å². The molecule has 0 spiro atoms. The van der Waals surface area contributed by atoms with Crippen LogP contribution in [0.15, 0.2) is 24.3 Å². The Morgan fingerprint density at radius 3 is 2.22 bits per heavy atom. The molecule has 0 aliphatic heterocycles. The van der Waals surface area contributed by atoms with Gasteiger partial charge in [-0.15, -0.1) is 0 Å². The third-order valence-electron chi connectivity index (χ3n) is 5.94. The van der Waals surface area contributed by atoms with E-state index < -0.39 is 24.3 Å². The lowest BCUT2D eigenvalue weighted by Crippen LogP contribution is -2.23. The molecule has 5 heteroatoms. The molecule has 5 atom stereocenters. The normalized spacial score (nSPS) is 26.2. The molecule has 2 rings (SSSR count). The van der Waals surface area contributed by atoms with Gasteiger partial charge >= 0.3 is 5.97 Å². The molecule has 1 fully saturated rings. The molecule has 0 heterocycles. The summed E-state index contributed by atoms with van der Waals surface area (Å²) in [5.74, 6) is -0.680. The van der Waals surface area contributed by atoms with Crippen molar-refractivity contribution in [1.82, 2.24) is 0 Å². The van der Waals surface area contributed by atoms with E-state index in [-0.39, 0.29) is 18.3 Å². The van der Waals surface area contributed by atoms with Gasteiger partial charge in [-0.05, 0) is 56.4 Å². The summed E-state index contributed by atoms with van der Waals surface area (Å²) in [6.45, 7) is 2.01. The zero-order valence-corrected chi connectivity index (χ0v) is 16.3. The number of benzene rings is 1. The van der Waals surface area contributed by atoms with E-state index in [1.807, 2.05) is 31.2 Å². The van der Waals surface area contributed by atoms with Gasteiger partial charge in [-0.2, -0.15) is 0 Å². The van der Waals surface area contributed by atoms with E-state index in [1.165, 1.54) is 0 Å². The molecule has 0 amide bonds. The number of carboxylic acid groups (broad SMARTS) is 1. The fourth-order valence-electron chi connectivity index (χ4n) is 4.30. The van der Waals surface area contributed by atoms with Gasteiger partial charge < -0.3 is 20.4 Å². The molecule has 0 bridgehead atoms. The van der Waals surface area contributed by atoms with Gasteiger partial charge in [0, 0.05) is 6.42 Å². The van der Waals surface area contributed by atoms with E-state index in [0.717, 1.165) is 36.8 Å². The Kier molecular flexibility index (Phi) is 8.74. The highest BCUT2D eigenvalue weighted by Gasteiger charge is 2.40. The van der Waals surface area contributed by atoms with Crippen molar-refractivity contribution in [2.24, 2.45) is 11.8 Å². The topological polar surface area (TPSA) is 98.0 Å². The molecule has 1 aromatic rings. The smallest absolute Gasteiger partial charge is 0.303 e. The lowest BCUT2D eigenvalue weighted by atomic mass is 9.84. The van der Waals surface area contributed by atoms with Crippen molar-refractivity contribution >= 4 is 5.97 Å². The summed E-state index contributed by atoms with van der Waals surface area (Å²) in [4.78, 5) is 10.5. The second kappa shape index (κ2) is 10.8. The van der Waals surface area contributed by atoms with Crippen molar-refractivity contribution in [3.63, 3.8) is 0 Å². The van der Waals surface area contributed by atoms with Gasteiger partial charge in [0.05, 0.1) is 18.3 Å². The summed E-state index contributed by atoms with van der Waals surface area (Å²) in [6.07, 6.45) is 4.65. The van der Waals surface area contributed by atoms with Crippen molar-refractivity contribution in [2.75, 3.05) is 0 Å². The number of aryl methyl sites for hydroxylation is 1. The first-order chi connectivity index (χ1) is 12.9. The van der Waals surface area contributed by atoms with Crippen molar-refractivity contribution in [1.29, 1.82) is 0 Å². The van der Waals surface area contributed by atoms with Crippen LogP contribution < -0.4 is 0 Å². The maximum atomic E-state index is 10.5. The molecule has 27 heavy (non-hydrogen) atoms. The maximum Gasteiger partial charge on any atom is 0.303 e. The van der Waals surface area contributed by atoms with Crippen LogP contribution in [0.4, 0.5) is 0 Å². The number of carbonyl (C=O) groups is 1. The molecule has 1 aliphatic carbocycles. The lowest BCUT2D eigenvalue weighted by Gasteiger charge is -2.24. The van der Waals surface area contributed by atoms with Crippen LogP contribution in [0.25, 0.3) is 0 Å². The minimum Gasteiger partial charge on any atom is -0.481 e. The Bertz CT molecular complexity index is 571. The standard InChI is InChI=1S/C22H34O5/c1-15-8-10-16(11-9-15)19(23)13-12-18-17(20(24)14-21(18)25)6-4-2-3-5-7-22(26)27/h8-11,17-21,23-25H,2-7,12-14H2,1H3,(H,26,27). The van der Waals surface area contributed by atoms with Crippen molar-refractivity contribution in [3.05, 3.63) is 35.4 Å². The Balaban J connectivity index is 1.78. The average Bonchev–Trinajstić information content (AvgIpc) is 2.89. The molecular weight excluding hydrogens is 344 g/mol. The predicted molar refractivity (Wildman–Crippen MR) is 104 cm³/mol. The van der Waals surface area contributed by atoms with Crippen LogP contribution in [0, 0.1) is 18.8 Å². The van der Waals surface area contributed by atoms with Crippen LogP contribution in [-0.2, 0) is 4.79 Å². The van der Waals surface area contributed by atoms with E-state index in [4.69, 9.17) is 5.11 Å². The first kappa shape index (κ1) is 21.9. The van der Waals surface area contributed by atoms with Crippen LogP contribution >= 0.6 is 0 Å².